The number of ether oxygens (including phenoxy) is 1. The van der Waals surface area contributed by atoms with Crippen LogP contribution in [0.1, 0.15) is 24.2 Å². The molecule has 1 unspecified atom stereocenters. The number of carbonyl (C=O) groups is 3. The topological polar surface area (TPSA) is 124 Å². The molecular weight excluding hydrogens is 540 g/mol. The largest absolute Gasteiger partial charge is 0.477 e. The zero-order valence-corrected chi connectivity index (χ0v) is 22.5. The fraction of sp³-hybridized carbons (Fsp3) is 0.357. The first-order valence-electron chi connectivity index (χ1n) is 13.2. The lowest BCUT2D eigenvalue weighted by atomic mass is 10.1. The molecule has 0 bridgehead atoms. The Labute approximate surface area is 233 Å². The number of cyclic esters (lactones) is 1. The monoisotopic (exact) mass is 569 g/mol. The molecule has 5 rings (SSSR count). The van der Waals surface area contributed by atoms with Gasteiger partial charge in [-0.05, 0) is 37.3 Å². The third kappa shape index (κ3) is 5.39. The summed E-state index contributed by atoms with van der Waals surface area (Å²) in [7, 11) is 0. The van der Waals surface area contributed by atoms with E-state index in [0.717, 1.165) is 6.07 Å². The highest BCUT2D eigenvalue weighted by Gasteiger charge is 2.33. The second-order valence-corrected chi connectivity index (χ2v) is 9.95. The van der Waals surface area contributed by atoms with Crippen LogP contribution in [0.15, 0.2) is 41.3 Å². The highest BCUT2D eigenvalue weighted by atomic mass is 19.1. The number of pyridine rings is 1. The Morgan fingerprint density at radius 3 is 2.29 bits per heavy atom. The normalized spacial score (nSPS) is 17.2. The number of anilines is 3. The van der Waals surface area contributed by atoms with Gasteiger partial charge >= 0.3 is 12.1 Å². The lowest BCUT2D eigenvalue weighted by molar-refractivity contribution is -0.119. The average molecular weight is 570 g/mol. The number of fused-ring (bicyclic) bond motifs is 1. The van der Waals surface area contributed by atoms with Crippen molar-refractivity contribution in [3.05, 3.63) is 63.9 Å². The first kappa shape index (κ1) is 27.9. The molecule has 11 nitrogen and oxygen atoms in total. The van der Waals surface area contributed by atoms with E-state index < -0.39 is 40.8 Å². The van der Waals surface area contributed by atoms with Crippen LogP contribution in [-0.2, 0) is 16.1 Å². The van der Waals surface area contributed by atoms with Crippen LogP contribution >= 0.6 is 0 Å². The molecule has 216 valence electrons. The summed E-state index contributed by atoms with van der Waals surface area (Å²) in [5, 5.41) is 12.0. The number of aromatic nitrogens is 1. The van der Waals surface area contributed by atoms with Gasteiger partial charge in [0.1, 0.15) is 23.3 Å². The molecule has 2 aromatic carbocycles. The Hall–Kier alpha value is -4.68. The number of aromatic carboxylic acids is 1. The van der Waals surface area contributed by atoms with Crippen molar-refractivity contribution in [3.8, 4) is 0 Å². The summed E-state index contributed by atoms with van der Waals surface area (Å²) in [4.78, 5) is 52.5. The third-order valence-electron chi connectivity index (χ3n) is 7.38. The number of rotatable bonds is 7. The van der Waals surface area contributed by atoms with E-state index in [9.17, 15) is 24.3 Å². The molecule has 2 saturated heterocycles. The Morgan fingerprint density at radius 1 is 1.02 bits per heavy atom. The van der Waals surface area contributed by atoms with Crippen LogP contribution in [0.3, 0.4) is 0 Å². The average Bonchev–Trinajstić information content (AvgIpc) is 3.32. The molecule has 2 amide bonds. The van der Waals surface area contributed by atoms with Gasteiger partial charge in [0.2, 0.25) is 11.3 Å². The number of hydrogen-bond acceptors (Lipinski definition) is 7. The van der Waals surface area contributed by atoms with Gasteiger partial charge in [-0.2, -0.15) is 0 Å². The number of carbonyl (C=O) groups excluding carboxylic acids is 2. The summed E-state index contributed by atoms with van der Waals surface area (Å²) in [6.45, 7) is 5.41. The highest BCUT2D eigenvalue weighted by Crippen LogP contribution is 2.31. The van der Waals surface area contributed by atoms with Gasteiger partial charge in [0.15, 0.2) is 0 Å². The second kappa shape index (κ2) is 11.1. The van der Waals surface area contributed by atoms with E-state index in [1.54, 1.807) is 29.7 Å². The first-order valence-corrected chi connectivity index (χ1v) is 13.2. The Morgan fingerprint density at radius 2 is 1.68 bits per heavy atom. The van der Waals surface area contributed by atoms with Gasteiger partial charge in [-0.1, -0.05) is 0 Å². The van der Waals surface area contributed by atoms with Crippen LogP contribution < -0.4 is 25.4 Å². The predicted molar refractivity (Wildman–Crippen MR) is 148 cm³/mol. The second-order valence-electron chi connectivity index (χ2n) is 9.95. The van der Waals surface area contributed by atoms with Gasteiger partial charge in [-0.25, -0.2) is 18.4 Å². The Bertz CT molecular complexity index is 1600. The quantitative estimate of drug-likeness (QED) is 0.445. The number of hydrogen-bond donors (Lipinski definition) is 2. The Balaban J connectivity index is 1.30. The molecular formula is C28H29F2N5O6. The van der Waals surface area contributed by atoms with Crippen molar-refractivity contribution in [2.75, 3.05) is 54.0 Å². The molecule has 0 saturated carbocycles. The minimum absolute atomic E-state index is 0.00267. The molecule has 2 fully saturated rings. The van der Waals surface area contributed by atoms with Crippen LogP contribution in [0.4, 0.5) is 30.6 Å². The van der Waals surface area contributed by atoms with E-state index >= 15 is 8.78 Å². The number of carboxylic acid groups (broad SMARTS) is 1. The highest BCUT2D eigenvalue weighted by molar-refractivity contribution is 5.93. The standard InChI is InChI=1S/C28H29F2N5O6/c1-3-32-15-20(27(38)39)26(37)19-11-22(30)25(12-24(19)32)34-8-6-33(7-9-34)23-5-4-17(10-21(23)29)35-14-18(41-28(35)40)13-31-16(2)36/h4-5,10-12,15,18H,3,6-9,13-14H2,1-2H3,(H,31,36)(H,38,39). The molecule has 3 aromatic rings. The van der Waals surface area contributed by atoms with E-state index in [2.05, 4.69) is 5.32 Å². The van der Waals surface area contributed by atoms with Crippen molar-refractivity contribution in [2.24, 2.45) is 0 Å². The number of benzene rings is 2. The van der Waals surface area contributed by atoms with Crippen LogP contribution in [0.25, 0.3) is 10.9 Å². The van der Waals surface area contributed by atoms with Crippen molar-refractivity contribution >= 4 is 45.9 Å². The van der Waals surface area contributed by atoms with Gasteiger partial charge in [-0.15, -0.1) is 0 Å². The van der Waals surface area contributed by atoms with Gasteiger partial charge in [0.25, 0.3) is 0 Å². The number of amides is 2. The first-order chi connectivity index (χ1) is 19.6. The van der Waals surface area contributed by atoms with Crippen molar-refractivity contribution in [1.29, 1.82) is 0 Å². The molecule has 2 aliphatic heterocycles. The number of piperazine rings is 1. The maximum Gasteiger partial charge on any atom is 0.414 e. The summed E-state index contributed by atoms with van der Waals surface area (Å²) in [5.74, 6) is -2.77. The van der Waals surface area contributed by atoms with E-state index in [1.807, 2.05) is 9.80 Å². The van der Waals surface area contributed by atoms with Crippen molar-refractivity contribution in [2.45, 2.75) is 26.5 Å². The molecule has 3 heterocycles. The molecule has 41 heavy (non-hydrogen) atoms. The minimum atomic E-state index is -1.37. The van der Waals surface area contributed by atoms with Gasteiger partial charge in [0.05, 0.1) is 35.7 Å². The number of nitrogens with zero attached hydrogens (tertiary/aromatic N) is 4. The fourth-order valence-corrected chi connectivity index (χ4v) is 5.26. The summed E-state index contributed by atoms with van der Waals surface area (Å²) < 4.78 is 37.3. The summed E-state index contributed by atoms with van der Waals surface area (Å²) >= 11 is 0. The SMILES string of the molecule is CCn1cc(C(=O)O)c(=O)c2cc(F)c(N3CCN(c4ccc(N5CC(CNC(C)=O)OC5=O)cc4F)CC3)cc21. The van der Waals surface area contributed by atoms with E-state index in [-0.39, 0.29) is 30.1 Å². The number of nitrogens with one attached hydrogen (secondary N) is 1. The number of aryl methyl sites for hydroxylation is 1. The molecule has 0 radical (unpaired) electrons. The summed E-state index contributed by atoms with van der Waals surface area (Å²) in [6.07, 6.45) is 0.111. The van der Waals surface area contributed by atoms with E-state index in [1.165, 1.54) is 24.1 Å². The molecule has 13 heteroatoms. The molecule has 2 aliphatic rings. The van der Waals surface area contributed by atoms with E-state index in [0.29, 0.717) is 49.6 Å². The zero-order chi connectivity index (χ0) is 29.4. The van der Waals surface area contributed by atoms with Crippen molar-refractivity contribution < 1.29 is 33.0 Å². The summed E-state index contributed by atoms with van der Waals surface area (Å²) in [6, 6.07) is 7.12. The predicted octanol–water partition coefficient (Wildman–Crippen LogP) is 2.79. The summed E-state index contributed by atoms with van der Waals surface area (Å²) in [5.41, 5.74) is 0.236. The zero-order valence-electron chi connectivity index (χ0n) is 22.5. The number of carboxylic acids is 1. The third-order valence-corrected chi connectivity index (χ3v) is 7.38. The number of halogens is 2. The maximum atomic E-state index is 15.2. The minimum Gasteiger partial charge on any atom is -0.477 e. The fourth-order valence-electron chi connectivity index (χ4n) is 5.26. The molecule has 0 spiro atoms. The van der Waals surface area contributed by atoms with Crippen LogP contribution in [-0.4, -0.2) is 73.0 Å². The Kier molecular flexibility index (Phi) is 7.52. The smallest absolute Gasteiger partial charge is 0.414 e. The van der Waals surface area contributed by atoms with E-state index in [4.69, 9.17) is 4.74 Å². The maximum absolute atomic E-state index is 15.2. The van der Waals surface area contributed by atoms with Crippen LogP contribution in [0, 0.1) is 11.6 Å². The van der Waals surface area contributed by atoms with Gasteiger partial charge in [-0.3, -0.25) is 14.5 Å². The molecule has 1 atom stereocenters. The lowest BCUT2D eigenvalue weighted by Crippen LogP contribution is -2.47. The molecule has 2 N–H and O–H groups in total. The van der Waals surface area contributed by atoms with Crippen molar-refractivity contribution in [3.63, 3.8) is 0 Å². The van der Waals surface area contributed by atoms with Gasteiger partial charge < -0.3 is 29.5 Å². The van der Waals surface area contributed by atoms with Gasteiger partial charge in [0, 0.05) is 51.2 Å². The molecule has 1 aromatic heterocycles. The van der Waals surface area contributed by atoms with Crippen LogP contribution in [0.2, 0.25) is 0 Å². The lowest BCUT2D eigenvalue weighted by Gasteiger charge is -2.37. The van der Waals surface area contributed by atoms with Crippen molar-refractivity contribution in [1.82, 2.24) is 9.88 Å². The molecule has 0 aliphatic carbocycles. The van der Waals surface area contributed by atoms with Crippen LogP contribution in [0.5, 0.6) is 0 Å².